The Morgan fingerprint density at radius 3 is 1.45 bits per heavy atom. The predicted molar refractivity (Wildman–Crippen MR) is 34.8 cm³/mol. The maximum absolute atomic E-state index is 3.54. The molecular formula is C6H6N4Ru. The Labute approximate surface area is 77.2 Å². The van der Waals surface area contributed by atoms with Crippen LogP contribution in [0.1, 0.15) is 0 Å². The number of H-pyrrole nitrogens is 2. The first kappa shape index (κ1) is 10.0. The van der Waals surface area contributed by atoms with E-state index in [4.69, 9.17) is 0 Å². The summed E-state index contributed by atoms with van der Waals surface area (Å²) in [5.74, 6) is 0. The predicted octanol–water partition coefficient (Wildman–Crippen LogP) is 0.417. The largest absolute Gasteiger partial charge is 2.00 e. The molecule has 2 aromatic rings. The van der Waals surface area contributed by atoms with Crippen LogP contribution in [0.2, 0.25) is 0 Å². The van der Waals surface area contributed by atoms with Gasteiger partial charge in [0.1, 0.15) is 0 Å². The number of aromatic amines is 2. The summed E-state index contributed by atoms with van der Waals surface area (Å²) in [5.41, 5.74) is 0. The van der Waals surface area contributed by atoms with Crippen molar-refractivity contribution in [3.05, 3.63) is 37.4 Å². The summed E-state index contributed by atoms with van der Waals surface area (Å²) >= 11 is 0. The van der Waals surface area contributed by atoms with Crippen molar-refractivity contribution >= 4 is 0 Å². The summed E-state index contributed by atoms with van der Waals surface area (Å²) in [5, 5.41) is 0. The van der Waals surface area contributed by atoms with Gasteiger partial charge < -0.3 is 19.9 Å². The van der Waals surface area contributed by atoms with E-state index in [1.807, 2.05) is 0 Å². The first-order valence-electron chi connectivity index (χ1n) is 2.71. The van der Waals surface area contributed by atoms with E-state index in [1.54, 1.807) is 24.8 Å². The van der Waals surface area contributed by atoms with Crippen molar-refractivity contribution in [1.82, 2.24) is 19.9 Å². The number of imidazole rings is 2. The van der Waals surface area contributed by atoms with E-state index >= 15 is 0 Å². The average molecular weight is 235 g/mol. The Hall–Kier alpha value is -0.957. The fourth-order valence-corrected chi connectivity index (χ4v) is 0.373. The fraction of sp³-hybridized carbons (Fsp3) is 0. The molecule has 4 nitrogen and oxygen atoms in total. The van der Waals surface area contributed by atoms with Crippen LogP contribution in [-0.4, -0.2) is 19.9 Å². The number of nitrogens with one attached hydrogen (secondary N) is 2. The molecule has 0 aliphatic rings. The van der Waals surface area contributed by atoms with Gasteiger partial charge in [-0.15, -0.1) is 24.8 Å². The van der Waals surface area contributed by atoms with Crippen LogP contribution >= 0.6 is 0 Å². The standard InChI is InChI=1S/2C3H3N2.Ru/c2*1-2-5-3-4-1;/h2*1-2H,(H,4,5);/q2*-1;+2. The third kappa shape index (κ3) is 5.49. The molecule has 0 unspecified atom stereocenters. The molecule has 0 spiro atoms. The minimum absolute atomic E-state index is 0. The number of hydrogen-bond acceptors (Lipinski definition) is 2. The molecular weight excluding hydrogens is 229 g/mol. The first-order valence-corrected chi connectivity index (χ1v) is 2.71. The molecule has 5 heteroatoms. The zero-order valence-electron chi connectivity index (χ0n) is 5.56. The minimum Gasteiger partial charge on any atom is -0.467 e. The molecule has 0 aliphatic heterocycles. The van der Waals surface area contributed by atoms with Gasteiger partial charge in [0.15, 0.2) is 0 Å². The van der Waals surface area contributed by atoms with E-state index in [-0.39, 0.29) is 19.5 Å². The summed E-state index contributed by atoms with van der Waals surface area (Å²) in [7, 11) is 0. The van der Waals surface area contributed by atoms with Gasteiger partial charge in [-0.25, -0.2) is 0 Å². The van der Waals surface area contributed by atoms with Crippen molar-refractivity contribution in [2.24, 2.45) is 0 Å². The number of nitrogens with zero attached hydrogens (tertiary/aromatic N) is 2. The van der Waals surface area contributed by atoms with Gasteiger partial charge in [-0.3, -0.25) is 0 Å². The summed E-state index contributed by atoms with van der Waals surface area (Å²) < 4.78 is 0. The van der Waals surface area contributed by atoms with Crippen LogP contribution in [0.5, 0.6) is 0 Å². The molecule has 0 amide bonds. The molecule has 2 rings (SSSR count). The second kappa shape index (κ2) is 7.15. The van der Waals surface area contributed by atoms with Gasteiger partial charge in [-0.1, -0.05) is 0 Å². The molecule has 0 aromatic carbocycles. The van der Waals surface area contributed by atoms with Crippen molar-refractivity contribution in [3.63, 3.8) is 0 Å². The normalized spacial score (nSPS) is 7.27. The van der Waals surface area contributed by atoms with E-state index in [2.05, 4.69) is 32.6 Å². The number of rotatable bonds is 0. The average Bonchev–Trinajstić information content (AvgIpc) is 2.67. The maximum Gasteiger partial charge on any atom is 2.00 e. The van der Waals surface area contributed by atoms with Gasteiger partial charge in [-0.05, 0) is 12.7 Å². The Morgan fingerprint density at radius 2 is 1.36 bits per heavy atom. The Bertz CT molecular complexity index is 154. The number of aromatic nitrogens is 4. The molecule has 0 atom stereocenters. The van der Waals surface area contributed by atoms with Crippen LogP contribution in [-0.2, 0) is 19.5 Å². The molecule has 0 bridgehead atoms. The zero-order valence-corrected chi connectivity index (χ0v) is 7.30. The van der Waals surface area contributed by atoms with Crippen LogP contribution in [0.3, 0.4) is 0 Å². The van der Waals surface area contributed by atoms with Crippen LogP contribution in [0.15, 0.2) is 24.8 Å². The number of hydrogen-bond donors (Lipinski definition) is 2. The third-order valence-corrected chi connectivity index (χ3v) is 0.723. The second-order valence-electron chi connectivity index (χ2n) is 1.40. The molecule has 0 saturated heterocycles. The van der Waals surface area contributed by atoms with E-state index in [9.17, 15) is 0 Å². The van der Waals surface area contributed by atoms with Crippen LogP contribution in [0.4, 0.5) is 0 Å². The molecule has 0 aliphatic carbocycles. The van der Waals surface area contributed by atoms with Crippen molar-refractivity contribution in [1.29, 1.82) is 0 Å². The Kier molecular flexibility index (Phi) is 6.53. The summed E-state index contributed by atoms with van der Waals surface area (Å²) in [6, 6.07) is 0. The molecule has 58 valence electrons. The Balaban J connectivity index is 0.000000167. The molecule has 0 fully saturated rings. The van der Waals surface area contributed by atoms with E-state index in [0.29, 0.717) is 0 Å². The van der Waals surface area contributed by atoms with Gasteiger partial charge in [0.05, 0.1) is 0 Å². The monoisotopic (exact) mass is 236 g/mol. The van der Waals surface area contributed by atoms with Crippen molar-refractivity contribution in [3.8, 4) is 0 Å². The summed E-state index contributed by atoms with van der Waals surface area (Å²) in [6.45, 7) is 0. The molecule has 0 radical (unpaired) electrons. The molecule has 2 N–H and O–H groups in total. The van der Waals surface area contributed by atoms with E-state index in [0.717, 1.165) is 0 Å². The van der Waals surface area contributed by atoms with Crippen molar-refractivity contribution < 1.29 is 19.5 Å². The molecule has 2 aromatic heterocycles. The SMILES string of the molecule is [Ru+2].[c-]1ncc[nH]1.[c-]1ncc[nH]1. The molecule has 0 saturated carbocycles. The minimum atomic E-state index is 0. The van der Waals surface area contributed by atoms with Gasteiger partial charge in [0, 0.05) is 0 Å². The van der Waals surface area contributed by atoms with Gasteiger partial charge >= 0.3 is 19.5 Å². The van der Waals surface area contributed by atoms with Crippen LogP contribution in [0.25, 0.3) is 0 Å². The van der Waals surface area contributed by atoms with E-state index < -0.39 is 0 Å². The zero-order chi connectivity index (χ0) is 7.07. The first-order chi connectivity index (χ1) is 5.00. The smallest absolute Gasteiger partial charge is 0.467 e. The fourth-order valence-electron chi connectivity index (χ4n) is 0.373. The molecule has 11 heavy (non-hydrogen) atoms. The van der Waals surface area contributed by atoms with Crippen molar-refractivity contribution in [2.75, 3.05) is 0 Å². The molecule has 2 heterocycles. The summed E-state index contributed by atoms with van der Waals surface area (Å²) in [4.78, 5) is 12.3. The van der Waals surface area contributed by atoms with Crippen LogP contribution in [0, 0.1) is 12.7 Å². The maximum atomic E-state index is 3.54. The van der Waals surface area contributed by atoms with Crippen molar-refractivity contribution in [2.45, 2.75) is 0 Å². The van der Waals surface area contributed by atoms with Crippen LogP contribution < -0.4 is 0 Å². The summed E-state index contributed by atoms with van der Waals surface area (Å²) in [6.07, 6.45) is 11.7. The van der Waals surface area contributed by atoms with Gasteiger partial charge in [0.25, 0.3) is 0 Å². The van der Waals surface area contributed by atoms with E-state index in [1.165, 1.54) is 0 Å². The Morgan fingerprint density at radius 1 is 0.909 bits per heavy atom. The van der Waals surface area contributed by atoms with Gasteiger partial charge in [-0.2, -0.15) is 0 Å². The third-order valence-electron chi connectivity index (χ3n) is 0.723. The second-order valence-corrected chi connectivity index (χ2v) is 1.40. The quantitative estimate of drug-likeness (QED) is 0.513. The topological polar surface area (TPSA) is 57.4 Å². The van der Waals surface area contributed by atoms with Gasteiger partial charge in [0.2, 0.25) is 0 Å².